The van der Waals surface area contributed by atoms with E-state index in [0.29, 0.717) is 11.3 Å². The van der Waals surface area contributed by atoms with Gasteiger partial charge in [-0.25, -0.2) is 11.3 Å². The van der Waals surface area contributed by atoms with Gasteiger partial charge in [0.2, 0.25) is 5.91 Å². The summed E-state index contributed by atoms with van der Waals surface area (Å²) in [6.07, 6.45) is 0.0323. The number of Topliss-reactive ketones (excluding diaryl/α,β-unsaturated/α-hetero) is 1. The minimum atomic E-state index is -1.11. The highest BCUT2D eigenvalue weighted by atomic mass is 16.3. The summed E-state index contributed by atoms with van der Waals surface area (Å²) in [6.45, 7) is 5.36. The molecule has 2 aromatic rings. The first kappa shape index (κ1) is 25.2. The van der Waals surface area contributed by atoms with Gasteiger partial charge in [-0.05, 0) is 68.7 Å². The van der Waals surface area contributed by atoms with E-state index in [2.05, 4.69) is 15.8 Å². The van der Waals surface area contributed by atoms with Crippen LogP contribution in [0.1, 0.15) is 41.3 Å². The number of aryl methyl sites for hydroxylation is 2. The number of ketones is 1. The number of amides is 3. The van der Waals surface area contributed by atoms with E-state index in [9.17, 15) is 24.3 Å². The standard InChI is InChI=1S/C23H27N5O5/c1-13-4-5-14(2)19(12-13)25-20(30)11-10-18(27-28-23(33)22(32)26-24)15(3)21(31)16-6-8-17(29)9-7-16/h4-9,12,15,29H,10-11,24H2,1-3H3,(H,25,30)(H,26,32)(H,28,33)/b27-18-/t15-/m1/s1. The molecule has 0 bridgehead atoms. The number of anilines is 1. The Morgan fingerprint density at radius 1 is 1.00 bits per heavy atom. The average molecular weight is 453 g/mol. The maximum Gasteiger partial charge on any atom is 0.330 e. The number of nitrogens with two attached hydrogens (primary N) is 1. The Kier molecular flexibility index (Phi) is 8.81. The molecule has 0 aliphatic heterocycles. The van der Waals surface area contributed by atoms with E-state index >= 15 is 0 Å². The van der Waals surface area contributed by atoms with E-state index in [0.717, 1.165) is 11.1 Å². The van der Waals surface area contributed by atoms with Crippen molar-refractivity contribution in [3.63, 3.8) is 0 Å². The third-order valence-corrected chi connectivity index (χ3v) is 4.96. The van der Waals surface area contributed by atoms with Crippen LogP contribution in [-0.4, -0.2) is 34.3 Å². The number of hydrogen-bond donors (Lipinski definition) is 5. The van der Waals surface area contributed by atoms with Crippen LogP contribution in [0.5, 0.6) is 5.75 Å². The van der Waals surface area contributed by atoms with Crippen LogP contribution in [0.2, 0.25) is 0 Å². The number of phenolic OH excluding ortho intramolecular Hbond substituents is 1. The van der Waals surface area contributed by atoms with E-state index in [1.807, 2.05) is 32.0 Å². The molecular formula is C23H27N5O5. The quantitative estimate of drug-likeness (QED) is 0.102. The SMILES string of the molecule is Cc1ccc(C)c(NC(=O)CC/C(=N/NC(=O)C(=O)NN)[C@@H](C)C(=O)c2ccc(O)cc2)c1. The van der Waals surface area contributed by atoms with Crippen LogP contribution in [0.25, 0.3) is 0 Å². The molecule has 0 fully saturated rings. The maximum absolute atomic E-state index is 12.9. The van der Waals surface area contributed by atoms with Crippen molar-refractivity contribution in [3.8, 4) is 5.75 Å². The minimum Gasteiger partial charge on any atom is -0.508 e. The number of nitrogens with one attached hydrogen (secondary N) is 3. The van der Waals surface area contributed by atoms with Crippen LogP contribution in [-0.2, 0) is 14.4 Å². The summed E-state index contributed by atoms with van der Waals surface area (Å²) in [6, 6.07) is 11.4. The van der Waals surface area contributed by atoms with Gasteiger partial charge in [-0.2, -0.15) is 5.10 Å². The first-order valence-corrected chi connectivity index (χ1v) is 10.2. The topological polar surface area (TPSA) is 163 Å². The molecule has 1 atom stereocenters. The minimum absolute atomic E-state index is 0.0104. The molecule has 0 spiro atoms. The predicted octanol–water partition coefficient (Wildman–Crippen LogP) is 1.71. The molecule has 0 aromatic heterocycles. The highest BCUT2D eigenvalue weighted by molar-refractivity contribution is 6.35. The van der Waals surface area contributed by atoms with E-state index in [1.54, 1.807) is 12.3 Å². The molecular weight excluding hydrogens is 426 g/mol. The lowest BCUT2D eigenvalue weighted by Crippen LogP contribution is -2.42. The average Bonchev–Trinajstić information content (AvgIpc) is 2.80. The highest BCUT2D eigenvalue weighted by Crippen LogP contribution is 2.19. The normalized spacial score (nSPS) is 11.9. The lowest BCUT2D eigenvalue weighted by atomic mass is 9.92. The van der Waals surface area contributed by atoms with Crippen molar-refractivity contribution in [2.45, 2.75) is 33.6 Å². The first-order chi connectivity index (χ1) is 15.6. The molecule has 6 N–H and O–H groups in total. The molecule has 0 aliphatic carbocycles. The third-order valence-electron chi connectivity index (χ3n) is 4.96. The number of carbonyl (C=O) groups is 4. The van der Waals surface area contributed by atoms with Gasteiger partial charge in [-0.15, -0.1) is 0 Å². The fraction of sp³-hybridized carbons (Fsp3) is 0.261. The fourth-order valence-corrected chi connectivity index (χ4v) is 2.96. The van der Waals surface area contributed by atoms with Crippen molar-refractivity contribution in [1.29, 1.82) is 0 Å². The summed E-state index contributed by atoms with van der Waals surface area (Å²) in [4.78, 5) is 48.5. The molecule has 10 nitrogen and oxygen atoms in total. The summed E-state index contributed by atoms with van der Waals surface area (Å²) in [5, 5.41) is 16.2. The third kappa shape index (κ3) is 7.25. The van der Waals surface area contributed by atoms with Gasteiger partial charge in [0.25, 0.3) is 0 Å². The Labute approximate surface area is 191 Å². The van der Waals surface area contributed by atoms with Gasteiger partial charge in [0.05, 0.1) is 5.92 Å². The van der Waals surface area contributed by atoms with E-state index in [1.165, 1.54) is 24.3 Å². The van der Waals surface area contributed by atoms with Gasteiger partial charge in [0.15, 0.2) is 5.78 Å². The summed E-state index contributed by atoms with van der Waals surface area (Å²) in [5.41, 5.74) is 6.83. The number of nitrogens with zero attached hydrogens (tertiary/aromatic N) is 1. The van der Waals surface area contributed by atoms with Crippen molar-refractivity contribution >= 4 is 34.9 Å². The number of aromatic hydroxyl groups is 1. The number of benzene rings is 2. The number of phenols is 1. The van der Waals surface area contributed by atoms with Crippen LogP contribution in [0.15, 0.2) is 47.6 Å². The molecule has 3 amide bonds. The number of hydrazone groups is 1. The summed E-state index contributed by atoms with van der Waals surface area (Å²) < 4.78 is 0. The molecule has 0 saturated heterocycles. The summed E-state index contributed by atoms with van der Waals surface area (Å²) in [5.74, 6) is 1.28. The second kappa shape index (κ2) is 11.5. The van der Waals surface area contributed by atoms with E-state index < -0.39 is 17.7 Å². The van der Waals surface area contributed by atoms with Crippen LogP contribution in [0, 0.1) is 19.8 Å². The predicted molar refractivity (Wildman–Crippen MR) is 123 cm³/mol. The van der Waals surface area contributed by atoms with E-state index in [-0.39, 0.29) is 36.0 Å². The smallest absolute Gasteiger partial charge is 0.330 e. The number of carbonyl (C=O) groups excluding carboxylic acids is 4. The van der Waals surface area contributed by atoms with Crippen LogP contribution in [0.3, 0.4) is 0 Å². The molecule has 10 heteroatoms. The lowest BCUT2D eigenvalue weighted by Gasteiger charge is -2.15. The number of hydrogen-bond acceptors (Lipinski definition) is 7. The van der Waals surface area contributed by atoms with Crippen molar-refractivity contribution < 1.29 is 24.3 Å². The first-order valence-electron chi connectivity index (χ1n) is 10.2. The maximum atomic E-state index is 12.9. The second-order valence-corrected chi connectivity index (χ2v) is 7.52. The molecule has 2 rings (SSSR count). The van der Waals surface area contributed by atoms with Gasteiger partial charge >= 0.3 is 11.8 Å². The summed E-state index contributed by atoms with van der Waals surface area (Å²) >= 11 is 0. The summed E-state index contributed by atoms with van der Waals surface area (Å²) in [7, 11) is 0. The van der Waals surface area contributed by atoms with E-state index in [4.69, 9.17) is 5.84 Å². The van der Waals surface area contributed by atoms with Gasteiger partial charge in [-0.1, -0.05) is 12.1 Å². The van der Waals surface area contributed by atoms with Gasteiger partial charge in [0, 0.05) is 23.4 Å². The van der Waals surface area contributed by atoms with Crippen LogP contribution >= 0.6 is 0 Å². The van der Waals surface area contributed by atoms with Crippen LogP contribution < -0.4 is 22.0 Å². The zero-order valence-electron chi connectivity index (χ0n) is 18.6. The van der Waals surface area contributed by atoms with Crippen molar-refractivity contribution in [2.75, 3.05) is 5.32 Å². The van der Waals surface area contributed by atoms with Crippen LogP contribution in [0.4, 0.5) is 5.69 Å². The Morgan fingerprint density at radius 2 is 1.67 bits per heavy atom. The second-order valence-electron chi connectivity index (χ2n) is 7.52. The molecule has 174 valence electrons. The van der Waals surface area contributed by atoms with Gasteiger partial charge < -0.3 is 10.4 Å². The molecule has 0 aliphatic rings. The molecule has 0 unspecified atom stereocenters. The zero-order valence-corrected chi connectivity index (χ0v) is 18.6. The number of hydrazine groups is 1. The fourth-order valence-electron chi connectivity index (χ4n) is 2.96. The molecule has 0 radical (unpaired) electrons. The molecule has 0 heterocycles. The lowest BCUT2D eigenvalue weighted by molar-refractivity contribution is -0.139. The van der Waals surface area contributed by atoms with Gasteiger partial charge in [-0.3, -0.25) is 24.6 Å². The number of rotatable bonds is 8. The highest BCUT2D eigenvalue weighted by Gasteiger charge is 2.23. The molecule has 0 saturated carbocycles. The molecule has 33 heavy (non-hydrogen) atoms. The Bertz CT molecular complexity index is 1080. The zero-order chi connectivity index (χ0) is 24.5. The van der Waals surface area contributed by atoms with Crippen molar-refractivity contribution in [2.24, 2.45) is 16.9 Å². The van der Waals surface area contributed by atoms with Gasteiger partial charge in [0.1, 0.15) is 5.75 Å². The Hall–Kier alpha value is -4.05. The monoisotopic (exact) mass is 453 g/mol. The van der Waals surface area contributed by atoms with Crippen molar-refractivity contribution in [1.82, 2.24) is 10.9 Å². The largest absolute Gasteiger partial charge is 0.508 e. The molecule has 2 aromatic carbocycles. The Morgan fingerprint density at radius 3 is 2.30 bits per heavy atom. The Balaban J connectivity index is 2.17. The van der Waals surface area contributed by atoms with Crippen molar-refractivity contribution in [3.05, 3.63) is 59.2 Å².